The van der Waals surface area contributed by atoms with E-state index in [1.807, 2.05) is 7.11 Å². The Hall–Kier alpha value is -0.0800. The second-order valence-corrected chi connectivity index (χ2v) is 5.11. The smallest absolute Gasteiger partial charge is 0.0601 e. The van der Waals surface area contributed by atoms with Gasteiger partial charge in [0.2, 0.25) is 0 Å². The molecule has 0 aromatic carbocycles. The van der Waals surface area contributed by atoms with E-state index < -0.39 is 0 Å². The molecule has 0 atom stereocenters. The van der Waals surface area contributed by atoms with Crippen molar-refractivity contribution in [1.29, 1.82) is 0 Å². The van der Waals surface area contributed by atoms with Gasteiger partial charge in [-0.1, -0.05) is 13.3 Å². The average molecular weight is 197 g/mol. The highest BCUT2D eigenvalue weighted by molar-refractivity contribution is 4.92. The molecular formula is C12H23NO. The van der Waals surface area contributed by atoms with Crippen molar-refractivity contribution in [1.82, 2.24) is 5.32 Å². The molecule has 2 heteroatoms. The molecule has 0 heterocycles. The van der Waals surface area contributed by atoms with E-state index >= 15 is 0 Å². The van der Waals surface area contributed by atoms with E-state index in [1.165, 1.54) is 45.1 Å². The van der Waals surface area contributed by atoms with E-state index in [0.717, 1.165) is 6.04 Å². The quantitative estimate of drug-likeness (QED) is 0.730. The van der Waals surface area contributed by atoms with Gasteiger partial charge in [0.25, 0.3) is 0 Å². The maximum Gasteiger partial charge on any atom is 0.0601 e. The van der Waals surface area contributed by atoms with Crippen LogP contribution in [0.4, 0.5) is 0 Å². The van der Waals surface area contributed by atoms with E-state index in [2.05, 4.69) is 12.2 Å². The molecule has 1 N–H and O–H groups in total. The van der Waals surface area contributed by atoms with E-state index in [9.17, 15) is 0 Å². The summed E-state index contributed by atoms with van der Waals surface area (Å²) in [5.74, 6) is 0. The van der Waals surface area contributed by atoms with Gasteiger partial charge in [-0.3, -0.25) is 0 Å². The van der Waals surface area contributed by atoms with Crippen molar-refractivity contribution >= 4 is 0 Å². The van der Waals surface area contributed by atoms with E-state index in [0.29, 0.717) is 11.5 Å². The van der Waals surface area contributed by atoms with Crippen molar-refractivity contribution < 1.29 is 4.74 Å². The minimum atomic E-state index is 0.534. The molecule has 0 amide bonds. The lowest BCUT2D eigenvalue weighted by molar-refractivity contribution is 0.00925. The van der Waals surface area contributed by atoms with Gasteiger partial charge < -0.3 is 10.1 Å². The molecule has 0 unspecified atom stereocenters. The molecule has 0 spiro atoms. The fourth-order valence-electron chi connectivity index (χ4n) is 2.62. The van der Waals surface area contributed by atoms with Crippen LogP contribution in [0.3, 0.4) is 0 Å². The molecule has 2 fully saturated rings. The lowest BCUT2D eigenvalue weighted by atomic mass is 9.67. The predicted molar refractivity (Wildman–Crippen MR) is 58.4 cm³/mol. The third kappa shape index (κ3) is 1.96. The molecule has 0 radical (unpaired) electrons. The zero-order valence-electron chi connectivity index (χ0n) is 9.51. The number of rotatable bonds is 5. The Morgan fingerprint density at radius 2 is 2.07 bits per heavy atom. The van der Waals surface area contributed by atoms with Crippen molar-refractivity contribution in [2.24, 2.45) is 5.41 Å². The van der Waals surface area contributed by atoms with E-state index in [1.54, 1.807) is 0 Å². The first-order valence-corrected chi connectivity index (χ1v) is 6.04. The molecule has 0 aliphatic heterocycles. The summed E-state index contributed by atoms with van der Waals surface area (Å²) >= 11 is 0. The Kier molecular flexibility index (Phi) is 3.13. The van der Waals surface area contributed by atoms with Crippen LogP contribution in [-0.4, -0.2) is 25.8 Å². The van der Waals surface area contributed by atoms with Crippen LogP contribution in [0.5, 0.6) is 0 Å². The summed E-state index contributed by atoms with van der Waals surface area (Å²) in [7, 11) is 1.82. The van der Waals surface area contributed by atoms with Crippen molar-refractivity contribution in [2.75, 3.05) is 13.7 Å². The van der Waals surface area contributed by atoms with Gasteiger partial charge in [0.05, 0.1) is 6.10 Å². The molecule has 2 aliphatic carbocycles. The zero-order chi connectivity index (χ0) is 10.0. The van der Waals surface area contributed by atoms with Gasteiger partial charge in [-0.2, -0.15) is 0 Å². The lowest BCUT2D eigenvalue weighted by Crippen LogP contribution is -2.50. The van der Waals surface area contributed by atoms with Crippen LogP contribution in [0.2, 0.25) is 0 Å². The summed E-state index contributed by atoms with van der Waals surface area (Å²) < 4.78 is 5.27. The summed E-state index contributed by atoms with van der Waals surface area (Å²) in [5, 5.41) is 3.70. The molecule has 0 saturated heterocycles. The standard InChI is InChI=1S/C12H23NO/c1-3-12(5-4-6-12)9-13-10-7-11(8-10)14-2/h10-11,13H,3-9H2,1-2H3. The van der Waals surface area contributed by atoms with Crippen LogP contribution in [0.15, 0.2) is 0 Å². The van der Waals surface area contributed by atoms with Crippen LogP contribution in [-0.2, 0) is 4.74 Å². The summed E-state index contributed by atoms with van der Waals surface area (Å²) in [4.78, 5) is 0. The third-order valence-electron chi connectivity index (χ3n) is 4.36. The van der Waals surface area contributed by atoms with Gasteiger partial charge >= 0.3 is 0 Å². The number of methoxy groups -OCH3 is 1. The maximum atomic E-state index is 5.27. The van der Waals surface area contributed by atoms with Crippen LogP contribution in [0.1, 0.15) is 45.4 Å². The van der Waals surface area contributed by atoms with Crippen LogP contribution in [0, 0.1) is 5.41 Å². The monoisotopic (exact) mass is 197 g/mol. The van der Waals surface area contributed by atoms with Crippen molar-refractivity contribution in [3.63, 3.8) is 0 Å². The lowest BCUT2D eigenvalue weighted by Gasteiger charge is -2.44. The molecule has 0 aromatic rings. The highest BCUT2D eigenvalue weighted by atomic mass is 16.5. The van der Waals surface area contributed by atoms with E-state index in [-0.39, 0.29) is 0 Å². The highest BCUT2D eigenvalue weighted by Gasteiger charge is 2.37. The summed E-state index contributed by atoms with van der Waals surface area (Å²) in [6, 6.07) is 0.740. The second kappa shape index (κ2) is 4.19. The van der Waals surface area contributed by atoms with Crippen LogP contribution >= 0.6 is 0 Å². The fraction of sp³-hybridized carbons (Fsp3) is 1.00. The Morgan fingerprint density at radius 3 is 2.50 bits per heavy atom. The van der Waals surface area contributed by atoms with Crippen LogP contribution < -0.4 is 5.32 Å². The summed E-state index contributed by atoms with van der Waals surface area (Å²) in [5.41, 5.74) is 0.665. The molecule has 0 bridgehead atoms. The molecule has 0 aromatic heterocycles. The highest BCUT2D eigenvalue weighted by Crippen LogP contribution is 2.43. The molecule has 14 heavy (non-hydrogen) atoms. The normalized spacial score (nSPS) is 34.7. The first-order valence-electron chi connectivity index (χ1n) is 6.04. The Balaban J connectivity index is 1.63. The van der Waals surface area contributed by atoms with Gasteiger partial charge in [0.15, 0.2) is 0 Å². The topological polar surface area (TPSA) is 21.3 Å². The Morgan fingerprint density at radius 1 is 1.36 bits per heavy atom. The van der Waals surface area contributed by atoms with Gasteiger partial charge in [0.1, 0.15) is 0 Å². The van der Waals surface area contributed by atoms with Gasteiger partial charge in [-0.25, -0.2) is 0 Å². The number of hydrogen-bond acceptors (Lipinski definition) is 2. The van der Waals surface area contributed by atoms with E-state index in [4.69, 9.17) is 4.74 Å². The van der Waals surface area contributed by atoms with Gasteiger partial charge in [-0.05, 0) is 37.5 Å². The second-order valence-electron chi connectivity index (χ2n) is 5.11. The summed E-state index contributed by atoms with van der Waals surface area (Å²) in [6.07, 6.45) is 8.65. The largest absolute Gasteiger partial charge is 0.381 e. The maximum absolute atomic E-state index is 5.27. The first kappa shape index (κ1) is 10.4. The number of ether oxygens (including phenoxy) is 1. The molecule has 2 rings (SSSR count). The SMILES string of the molecule is CCC1(CNC2CC(OC)C2)CCC1. The molecule has 82 valence electrons. The molecule has 2 saturated carbocycles. The average Bonchev–Trinajstić information content (AvgIpc) is 2.06. The van der Waals surface area contributed by atoms with Crippen molar-refractivity contribution in [3.05, 3.63) is 0 Å². The first-order chi connectivity index (χ1) is 6.78. The number of hydrogen-bond donors (Lipinski definition) is 1. The third-order valence-corrected chi connectivity index (χ3v) is 4.36. The van der Waals surface area contributed by atoms with Crippen LogP contribution in [0.25, 0.3) is 0 Å². The minimum Gasteiger partial charge on any atom is -0.381 e. The zero-order valence-corrected chi connectivity index (χ0v) is 9.51. The van der Waals surface area contributed by atoms with Crippen molar-refractivity contribution in [2.45, 2.75) is 57.6 Å². The molecular weight excluding hydrogens is 174 g/mol. The molecule has 2 nitrogen and oxygen atoms in total. The Bertz CT molecular complexity index is 177. The fourth-order valence-corrected chi connectivity index (χ4v) is 2.62. The van der Waals surface area contributed by atoms with Crippen molar-refractivity contribution in [3.8, 4) is 0 Å². The molecule has 2 aliphatic rings. The minimum absolute atomic E-state index is 0.534. The number of nitrogens with one attached hydrogen (secondary N) is 1. The predicted octanol–water partition coefficient (Wildman–Crippen LogP) is 2.33. The summed E-state index contributed by atoms with van der Waals surface area (Å²) in [6.45, 7) is 3.57. The van der Waals surface area contributed by atoms with Gasteiger partial charge in [-0.15, -0.1) is 0 Å². The van der Waals surface area contributed by atoms with Gasteiger partial charge in [0, 0.05) is 19.7 Å². The Labute approximate surface area is 87.4 Å².